The maximum atomic E-state index is 13.1. The molecule has 156 valence electrons. The Bertz CT molecular complexity index is 1210. The van der Waals surface area contributed by atoms with E-state index in [4.69, 9.17) is 0 Å². The zero-order valence-corrected chi connectivity index (χ0v) is 18.2. The molecule has 3 aromatic rings. The minimum atomic E-state index is -0.425. The third-order valence-electron chi connectivity index (χ3n) is 5.04. The number of nitrogens with zero attached hydrogens (tertiary/aromatic N) is 2. The molecule has 1 aromatic heterocycles. The number of nitrogens with one attached hydrogen (secondary N) is 1. The maximum absolute atomic E-state index is 13.1. The van der Waals surface area contributed by atoms with Gasteiger partial charge in [-0.05, 0) is 67.1 Å². The van der Waals surface area contributed by atoms with Crippen molar-refractivity contribution in [1.82, 2.24) is 4.98 Å². The van der Waals surface area contributed by atoms with E-state index in [1.165, 1.54) is 17.0 Å². The Hall–Kier alpha value is -3.45. The number of amides is 3. The zero-order valence-electron chi connectivity index (χ0n) is 17.4. The Morgan fingerprint density at radius 2 is 1.77 bits per heavy atom. The highest BCUT2D eigenvalue weighted by molar-refractivity contribution is 7.99. The van der Waals surface area contributed by atoms with Gasteiger partial charge in [0.15, 0.2) is 0 Å². The van der Waals surface area contributed by atoms with Gasteiger partial charge in [-0.25, -0.2) is 9.88 Å². The number of rotatable bonds is 5. The van der Waals surface area contributed by atoms with Gasteiger partial charge in [0.2, 0.25) is 0 Å². The summed E-state index contributed by atoms with van der Waals surface area (Å²) < 4.78 is 0. The Morgan fingerprint density at radius 3 is 2.48 bits per heavy atom. The molecule has 0 radical (unpaired) electrons. The number of carbonyl (C=O) groups is 3. The smallest absolute Gasteiger partial charge is 0.266 e. The van der Waals surface area contributed by atoms with Crippen molar-refractivity contribution in [2.24, 2.45) is 0 Å². The molecule has 0 bridgehead atoms. The molecule has 1 aliphatic rings. The van der Waals surface area contributed by atoms with Crippen LogP contribution in [0.3, 0.4) is 0 Å². The van der Waals surface area contributed by atoms with E-state index in [2.05, 4.69) is 10.3 Å². The summed E-state index contributed by atoms with van der Waals surface area (Å²) >= 11 is 1.62. The van der Waals surface area contributed by atoms with Crippen LogP contribution in [0.4, 0.5) is 11.4 Å². The number of anilines is 2. The van der Waals surface area contributed by atoms with Gasteiger partial charge in [0.05, 0.1) is 33.7 Å². The van der Waals surface area contributed by atoms with Gasteiger partial charge in [-0.3, -0.25) is 14.4 Å². The lowest BCUT2D eigenvalue weighted by Crippen LogP contribution is -2.30. The summed E-state index contributed by atoms with van der Waals surface area (Å²) in [5, 5.41) is 3.67. The second-order valence-corrected chi connectivity index (χ2v) is 8.55. The number of thioether (sulfide) groups is 1. The predicted molar refractivity (Wildman–Crippen MR) is 122 cm³/mol. The van der Waals surface area contributed by atoms with Crippen molar-refractivity contribution in [1.29, 1.82) is 0 Å². The first-order valence-electron chi connectivity index (χ1n) is 9.89. The fourth-order valence-electron chi connectivity index (χ4n) is 3.45. The molecule has 1 aliphatic heterocycles. The highest BCUT2D eigenvalue weighted by atomic mass is 32.2. The fraction of sp³-hybridized carbons (Fsp3) is 0.167. The molecule has 4 rings (SSSR count). The monoisotopic (exact) mass is 431 g/mol. The Labute approximate surface area is 184 Å². The van der Waals surface area contributed by atoms with E-state index in [9.17, 15) is 14.4 Å². The molecule has 0 saturated heterocycles. The molecule has 0 unspecified atom stereocenters. The Balaban J connectivity index is 1.59. The van der Waals surface area contributed by atoms with Gasteiger partial charge in [-0.1, -0.05) is 19.1 Å². The first kappa shape index (κ1) is 20.8. The number of benzene rings is 2. The van der Waals surface area contributed by atoms with E-state index in [1.54, 1.807) is 30.1 Å². The van der Waals surface area contributed by atoms with Crippen molar-refractivity contribution in [3.05, 3.63) is 82.5 Å². The summed E-state index contributed by atoms with van der Waals surface area (Å²) in [6.45, 7) is 5.81. The van der Waals surface area contributed by atoms with E-state index in [0.717, 1.165) is 21.9 Å². The van der Waals surface area contributed by atoms with Gasteiger partial charge in [0.25, 0.3) is 17.7 Å². The summed E-state index contributed by atoms with van der Waals surface area (Å²) in [5.74, 6) is -0.259. The second-order valence-electron chi connectivity index (χ2n) is 7.27. The molecule has 2 heterocycles. The minimum Gasteiger partial charge on any atom is -0.321 e. The molecule has 0 saturated carbocycles. The SMILES string of the molecule is CCSc1ccc(NC(=O)c2ccc3c(c2)C(=O)N(c2cc(C)ccc2C)C3=O)cn1. The van der Waals surface area contributed by atoms with Gasteiger partial charge >= 0.3 is 0 Å². The van der Waals surface area contributed by atoms with Crippen LogP contribution in [-0.2, 0) is 0 Å². The average molecular weight is 432 g/mol. The number of fused-ring (bicyclic) bond motifs is 1. The topological polar surface area (TPSA) is 79.4 Å². The summed E-state index contributed by atoms with van der Waals surface area (Å²) in [4.78, 5) is 44.2. The van der Waals surface area contributed by atoms with Crippen LogP contribution in [-0.4, -0.2) is 28.5 Å². The maximum Gasteiger partial charge on any atom is 0.266 e. The van der Waals surface area contributed by atoms with Crippen LogP contribution in [0.5, 0.6) is 0 Å². The van der Waals surface area contributed by atoms with Crippen molar-refractivity contribution < 1.29 is 14.4 Å². The first-order chi connectivity index (χ1) is 14.9. The lowest BCUT2D eigenvalue weighted by Gasteiger charge is -2.17. The average Bonchev–Trinajstić information content (AvgIpc) is 3.01. The van der Waals surface area contributed by atoms with Crippen molar-refractivity contribution in [3.63, 3.8) is 0 Å². The number of pyridine rings is 1. The van der Waals surface area contributed by atoms with Crippen LogP contribution in [0.25, 0.3) is 0 Å². The molecule has 31 heavy (non-hydrogen) atoms. The molecule has 7 heteroatoms. The van der Waals surface area contributed by atoms with Gasteiger partial charge in [-0.2, -0.15) is 0 Å². The van der Waals surface area contributed by atoms with Gasteiger partial charge in [-0.15, -0.1) is 11.8 Å². The van der Waals surface area contributed by atoms with E-state index in [0.29, 0.717) is 22.5 Å². The summed E-state index contributed by atoms with van der Waals surface area (Å²) in [6.07, 6.45) is 1.60. The van der Waals surface area contributed by atoms with Crippen LogP contribution in [0.2, 0.25) is 0 Å². The van der Waals surface area contributed by atoms with E-state index in [-0.39, 0.29) is 17.4 Å². The minimum absolute atomic E-state index is 0.228. The summed E-state index contributed by atoms with van der Waals surface area (Å²) in [7, 11) is 0. The van der Waals surface area contributed by atoms with E-state index >= 15 is 0 Å². The van der Waals surface area contributed by atoms with Crippen LogP contribution >= 0.6 is 11.8 Å². The third-order valence-corrected chi connectivity index (χ3v) is 5.87. The molecule has 0 atom stereocenters. The number of carbonyl (C=O) groups excluding carboxylic acids is 3. The van der Waals surface area contributed by atoms with Crippen LogP contribution in [0, 0.1) is 13.8 Å². The van der Waals surface area contributed by atoms with Crippen molar-refractivity contribution in [3.8, 4) is 0 Å². The number of aryl methyl sites for hydroxylation is 2. The van der Waals surface area contributed by atoms with Crippen molar-refractivity contribution in [2.45, 2.75) is 25.8 Å². The van der Waals surface area contributed by atoms with Gasteiger partial charge in [0, 0.05) is 5.56 Å². The van der Waals surface area contributed by atoms with Crippen LogP contribution in [0.15, 0.2) is 59.8 Å². The number of hydrogen-bond donors (Lipinski definition) is 1. The molecular formula is C24H21N3O3S. The number of aromatic nitrogens is 1. The first-order valence-corrected chi connectivity index (χ1v) is 10.9. The molecule has 0 aliphatic carbocycles. The molecular weight excluding hydrogens is 410 g/mol. The second kappa shape index (κ2) is 8.35. The van der Waals surface area contributed by atoms with Crippen molar-refractivity contribution >= 4 is 40.9 Å². The molecule has 0 spiro atoms. The van der Waals surface area contributed by atoms with E-state index < -0.39 is 5.91 Å². The number of imide groups is 1. The quantitative estimate of drug-likeness (QED) is 0.461. The zero-order chi connectivity index (χ0) is 22.1. The Morgan fingerprint density at radius 1 is 1.00 bits per heavy atom. The number of hydrogen-bond acceptors (Lipinski definition) is 5. The highest BCUT2D eigenvalue weighted by Gasteiger charge is 2.37. The van der Waals surface area contributed by atoms with Crippen LogP contribution < -0.4 is 10.2 Å². The van der Waals surface area contributed by atoms with Gasteiger partial charge in [0.1, 0.15) is 0 Å². The predicted octanol–water partition coefficient (Wildman–Crippen LogP) is 4.86. The molecule has 3 amide bonds. The Kier molecular flexibility index (Phi) is 5.61. The molecule has 1 N–H and O–H groups in total. The normalized spacial score (nSPS) is 12.8. The lowest BCUT2D eigenvalue weighted by molar-refractivity contribution is 0.0925. The molecule has 0 fully saturated rings. The fourth-order valence-corrected chi connectivity index (χ4v) is 4.04. The third kappa shape index (κ3) is 3.96. The van der Waals surface area contributed by atoms with Gasteiger partial charge < -0.3 is 5.32 Å². The highest BCUT2D eigenvalue weighted by Crippen LogP contribution is 2.32. The molecule has 2 aromatic carbocycles. The summed E-state index contributed by atoms with van der Waals surface area (Å²) in [6, 6.07) is 13.8. The summed E-state index contributed by atoms with van der Waals surface area (Å²) in [5.41, 5.74) is 3.73. The van der Waals surface area contributed by atoms with E-state index in [1.807, 2.05) is 45.0 Å². The van der Waals surface area contributed by atoms with Crippen LogP contribution in [0.1, 0.15) is 49.1 Å². The standard InChI is InChI=1S/C24H21N3O3S/c1-4-31-21-10-8-17(13-25-21)26-22(28)16-7-9-18-19(12-16)24(30)27(23(18)29)20-11-14(2)5-6-15(20)3/h5-13H,4H2,1-3H3,(H,26,28). The molecule has 6 nitrogen and oxygen atoms in total. The largest absolute Gasteiger partial charge is 0.321 e. The van der Waals surface area contributed by atoms with Crippen molar-refractivity contribution in [2.75, 3.05) is 16.0 Å². The lowest BCUT2D eigenvalue weighted by atomic mass is 10.1.